The first kappa shape index (κ1) is 22.0. The van der Waals surface area contributed by atoms with E-state index in [-0.39, 0.29) is 17.5 Å². The van der Waals surface area contributed by atoms with Gasteiger partial charge < -0.3 is 10.1 Å². The van der Waals surface area contributed by atoms with Gasteiger partial charge in [0.25, 0.3) is 5.91 Å². The second-order valence-corrected chi connectivity index (χ2v) is 8.80. The SMILES string of the molecule is Cc1ccc(C)c(OCc2csc(C(=O)Nc3nn(Cc4ccc(F)cc4)cc3Cl)c2)c1. The molecule has 0 radical (unpaired) electrons. The van der Waals surface area contributed by atoms with Crippen LogP contribution in [-0.2, 0) is 13.2 Å². The third kappa shape index (κ3) is 5.36. The lowest BCUT2D eigenvalue weighted by molar-refractivity contribution is 0.103. The van der Waals surface area contributed by atoms with E-state index in [4.69, 9.17) is 16.3 Å². The summed E-state index contributed by atoms with van der Waals surface area (Å²) in [5.74, 6) is 0.526. The quantitative estimate of drug-likeness (QED) is 0.349. The molecule has 164 valence electrons. The molecule has 0 aliphatic rings. The number of amides is 1. The molecule has 2 aromatic carbocycles. The van der Waals surface area contributed by atoms with Crippen LogP contribution in [0.4, 0.5) is 10.2 Å². The summed E-state index contributed by atoms with van der Waals surface area (Å²) in [6.45, 7) is 4.81. The van der Waals surface area contributed by atoms with Gasteiger partial charge >= 0.3 is 0 Å². The van der Waals surface area contributed by atoms with Crippen LogP contribution in [-0.4, -0.2) is 15.7 Å². The number of carbonyl (C=O) groups is 1. The van der Waals surface area contributed by atoms with Crippen LogP contribution in [0.5, 0.6) is 5.75 Å². The van der Waals surface area contributed by atoms with E-state index in [1.807, 2.05) is 37.4 Å². The van der Waals surface area contributed by atoms with Crippen LogP contribution in [0.3, 0.4) is 0 Å². The van der Waals surface area contributed by atoms with Crippen LogP contribution >= 0.6 is 22.9 Å². The van der Waals surface area contributed by atoms with Crippen molar-refractivity contribution in [2.45, 2.75) is 27.0 Å². The van der Waals surface area contributed by atoms with Gasteiger partial charge in [0.2, 0.25) is 0 Å². The van der Waals surface area contributed by atoms with E-state index in [2.05, 4.69) is 10.4 Å². The fourth-order valence-electron chi connectivity index (χ4n) is 3.10. The Bertz CT molecular complexity index is 1250. The highest BCUT2D eigenvalue weighted by Gasteiger charge is 2.15. The summed E-state index contributed by atoms with van der Waals surface area (Å²) in [6.07, 6.45) is 1.62. The second-order valence-electron chi connectivity index (χ2n) is 7.48. The van der Waals surface area contributed by atoms with Crippen molar-refractivity contribution in [2.24, 2.45) is 0 Å². The Labute approximate surface area is 194 Å². The molecule has 0 aliphatic carbocycles. The number of ether oxygens (including phenoxy) is 1. The van der Waals surface area contributed by atoms with Gasteiger partial charge in [-0.25, -0.2) is 4.39 Å². The molecule has 32 heavy (non-hydrogen) atoms. The fourth-order valence-corrected chi connectivity index (χ4v) is 4.09. The highest BCUT2D eigenvalue weighted by molar-refractivity contribution is 7.12. The van der Waals surface area contributed by atoms with Crippen LogP contribution in [0.25, 0.3) is 0 Å². The minimum absolute atomic E-state index is 0.278. The Morgan fingerprint density at radius 1 is 1.16 bits per heavy atom. The molecule has 0 fully saturated rings. The highest BCUT2D eigenvalue weighted by Crippen LogP contribution is 2.24. The number of nitrogens with zero attached hydrogens (tertiary/aromatic N) is 2. The maximum atomic E-state index is 13.1. The lowest BCUT2D eigenvalue weighted by atomic mass is 10.1. The molecule has 0 saturated carbocycles. The summed E-state index contributed by atoms with van der Waals surface area (Å²) in [5.41, 5.74) is 3.98. The number of carbonyl (C=O) groups excluding carboxylic acids is 1. The lowest BCUT2D eigenvalue weighted by Crippen LogP contribution is -2.11. The van der Waals surface area contributed by atoms with Crippen molar-refractivity contribution in [3.05, 3.63) is 98.1 Å². The molecule has 2 aromatic heterocycles. The number of anilines is 1. The van der Waals surface area contributed by atoms with E-state index in [1.54, 1.807) is 29.1 Å². The summed E-state index contributed by atoms with van der Waals surface area (Å²) >= 11 is 7.57. The van der Waals surface area contributed by atoms with Gasteiger partial charge in [-0.05, 0) is 60.2 Å². The third-order valence-electron chi connectivity index (χ3n) is 4.82. The van der Waals surface area contributed by atoms with Crippen LogP contribution in [0, 0.1) is 19.7 Å². The number of nitrogens with one attached hydrogen (secondary N) is 1. The van der Waals surface area contributed by atoms with E-state index < -0.39 is 0 Å². The van der Waals surface area contributed by atoms with Crippen LogP contribution < -0.4 is 10.1 Å². The predicted octanol–water partition coefficient (Wildman–Crippen LogP) is 6.23. The monoisotopic (exact) mass is 469 g/mol. The van der Waals surface area contributed by atoms with Gasteiger partial charge in [0.15, 0.2) is 5.82 Å². The van der Waals surface area contributed by atoms with Gasteiger partial charge in [-0.2, -0.15) is 5.10 Å². The van der Waals surface area contributed by atoms with Crippen molar-refractivity contribution >= 4 is 34.7 Å². The zero-order valence-corrected chi connectivity index (χ0v) is 19.1. The molecule has 0 unspecified atom stereocenters. The van der Waals surface area contributed by atoms with Gasteiger partial charge in [-0.15, -0.1) is 11.3 Å². The van der Waals surface area contributed by atoms with Crippen molar-refractivity contribution in [2.75, 3.05) is 5.32 Å². The van der Waals surface area contributed by atoms with Crippen molar-refractivity contribution in [3.8, 4) is 5.75 Å². The van der Waals surface area contributed by atoms with Gasteiger partial charge in [-0.1, -0.05) is 35.9 Å². The zero-order valence-electron chi connectivity index (χ0n) is 17.6. The summed E-state index contributed by atoms with van der Waals surface area (Å²) < 4.78 is 20.6. The average Bonchev–Trinajstić information content (AvgIpc) is 3.37. The molecule has 0 aliphatic heterocycles. The molecule has 1 N–H and O–H groups in total. The molecule has 1 amide bonds. The van der Waals surface area contributed by atoms with E-state index in [0.29, 0.717) is 23.1 Å². The van der Waals surface area contributed by atoms with Gasteiger partial charge in [-0.3, -0.25) is 9.48 Å². The first-order chi connectivity index (χ1) is 15.4. The number of aryl methyl sites for hydroxylation is 2. The molecular formula is C24H21ClFN3O2S. The topological polar surface area (TPSA) is 56.1 Å². The Morgan fingerprint density at radius 3 is 2.72 bits per heavy atom. The van der Waals surface area contributed by atoms with Crippen molar-refractivity contribution in [1.29, 1.82) is 0 Å². The van der Waals surface area contributed by atoms with Crippen molar-refractivity contribution in [1.82, 2.24) is 9.78 Å². The lowest BCUT2D eigenvalue weighted by Gasteiger charge is -2.08. The minimum atomic E-state index is -0.296. The Balaban J connectivity index is 1.38. The van der Waals surface area contributed by atoms with Gasteiger partial charge in [0.05, 0.1) is 11.4 Å². The normalized spacial score (nSPS) is 10.9. The smallest absolute Gasteiger partial charge is 0.266 e. The summed E-state index contributed by atoms with van der Waals surface area (Å²) in [5, 5.41) is 9.31. The maximum Gasteiger partial charge on any atom is 0.266 e. The molecule has 5 nitrogen and oxygen atoms in total. The summed E-state index contributed by atoms with van der Waals surface area (Å²) in [7, 11) is 0. The molecule has 0 atom stereocenters. The number of hydrogen-bond acceptors (Lipinski definition) is 4. The number of thiophene rings is 1. The molecule has 0 bridgehead atoms. The number of halogens is 2. The Morgan fingerprint density at radius 2 is 1.94 bits per heavy atom. The first-order valence-corrected chi connectivity index (χ1v) is 11.2. The third-order valence-corrected chi connectivity index (χ3v) is 6.08. The maximum absolute atomic E-state index is 13.1. The molecule has 2 heterocycles. The fraction of sp³-hybridized carbons (Fsp3) is 0.167. The molecule has 4 aromatic rings. The van der Waals surface area contributed by atoms with Gasteiger partial charge in [0, 0.05) is 11.8 Å². The number of aromatic nitrogens is 2. The largest absolute Gasteiger partial charge is 0.489 e. The van der Waals surface area contributed by atoms with Crippen LogP contribution in [0.1, 0.15) is 31.9 Å². The Hall–Kier alpha value is -3.16. The second kappa shape index (κ2) is 9.54. The average molecular weight is 470 g/mol. The van der Waals surface area contributed by atoms with Crippen LogP contribution in [0.15, 0.2) is 60.1 Å². The standard InChI is InChI=1S/C24H21ClFN3O2S/c1-15-3-4-16(2)21(9-15)31-13-18-10-22(32-14-18)24(30)27-23-20(25)12-29(28-23)11-17-5-7-19(26)8-6-17/h3-10,12,14H,11,13H2,1-2H3,(H,27,28,30). The van der Waals surface area contributed by atoms with Crippen LogP contribution in [0.2, 0.25) is 5.02 Å². The molecule has 8 heteroatoms. The van der Waals surface area contributed by atoms with E-state index in [1.165, 1.54) is 23.5 Å². The van der Waals surface area contributed by atoms with Gasteiger partial charge in [0.1, 0.15) is 23.2 Å². The summed E-state index contributed by atoms with van der Waals surface area (Å²) in [4.78, 5) is 13.2. The van der Waals surface area contributed by atoms with E-state index >= 15 is 0 Å². The number of rotatable bonds is 7. The predicted molar refractivity (Wildman–Crippen MR) is 125 cm³/mol. The van der Waals surface area contributed by atoms with Crippen molar-refractivity contribution < 1.29 is 13.9 Å². The highest BCUT2D eigenvalue weighted by atomic mass is 35.5. The van der Waals surface area contributed by atoms with E-state index in [0.717, 1.165) is 28.0 Å². The number of benzene rings is 2. The molecule has 0 spiro atoms. The first-order valence-electron chi connectivity index (χ1n) is 9.93. The number of hydrogen-bond donors (Lipinski definition) is 1. The molecular weight excluding hydrogens is 449 g/mol. The Kier molecular flexibility index (Phi) is 6.58. The molecule has 0 saturated heterocycles. The van der Waals surface area contributed by atoms with Crippen molar-refractivity contribution in [3.63, 3.8) is 0 Å². The minimum Gasteiger partial charge on any atom is -0.489 e. The van der Waals surface area contributed by atoms with E-state index in [9.17, 15) is 9.18 Å². The molecule has 4 rings (SSSR count). The zero-order chi connectivity index (χ0) is 22.7. The summed E-state index contributed by atoms with van der Waals surface area (Å²) in [6, 6.07) is 14.0.